The molecular weight excluding hydrogens is 282 g/mol. The number of nitriles is 1. The van der Waals surface area contributed by atoms with Crippen LogP contribution in [0.4, 0.5) is 0 Å². The van der Waals surface area contributed by atoms with Crippen LogP contribution in [-0.4, -0.2) is 16.7 Å². The van der Waals surface area contributed by atoms with Crippen molar-refractivity contribution in [3.8, 4) is 22.5 Å². The average Bonchev–Trinajstić information content (AvgIpc) is 3.17. The van der Waals surface area contributed by atoms with E-state index in [0.717, 1.165) is 16.3 Å². The van der Waals surface area contributed by atoms with E-state index in [-0.39, 0.29) is 0 Å². The highest BCUT2D eigenvalue weighted by Crippen LogP contribution is 2.25. The SMILES string of the molecule is COc1cc(Cn2ccnc2-c2cccs2)ccc1C#N. The van der Waals surface area contributed by atoms with E-state index in [2.05, 4.69) is 21.7 Å². The molecule has 104 valence electrons. The number of thiophene rings is 1. The number of rotatable bonds is 4. The van der Waals surface area contributed by atoms with Crippen LogP contribution in [0.15, 0.2) is 48.1 Å². The first-order chi connectivity index (χ1) is 10.3. The van der Waals surface area contributed by atoms with Gasteiger partial charge in [0.25, 0.3) is 0 Å². The van der Waals surface area contributed by atoms with E-state index in [1.165, 1.54) is 0 Å². The van der Waals surface area contributed by atoms with Crippen molar-refractivity contribution < 1.29 is 4.74 Å². The first-order valence-corrected chi connectivity index (χ1v) is 7.32. The minimum Gasteiger partial charge on any atom is -0.495 e. The molecule has 1 aromatic carbocycles. The summed E-state index contributed by atoms with van der Waals surface area (Å²) in [7, 11) is 1.58. The van der Waals surface area contributed by atoms with Crippen molar-refractivity contribution in [2.75, 3.05) is 7.11 Å². The van der Waals surface area contributed by atoms with Gasteiger partial charge in [-0.25, -0.2) is 4.98 Å². The molecule has 0 bridgehead atoms. The number of hydrogen-bond donors (Lipinski definition) is 0. The highest BCUT2D eigenvalue weighted by Gasteiger charge is 2.09. The number of imidazole rings is 1. The molecular formula is C16H13N3OS. The van der Waals surface area contributed by atoms with Gasteiger partial charge in [0.05, 0.1) is 17.6 Å². The van der Waals surface area contributed by atoms with Gasteiger partial charge >= 0.3 is 0 Å². The predicted octanol–water partition coefficient (Wildman–Crippen LogP) is 3.54. The lowest BCUT2D eigenvalue weighted by Crippen LogP contribution is -2.01. The summed E-state index contributed by atoms with van der Waals surface area (Å²) in [5.41, 5.74) is 1.62. The van der Waals surface area contributed by atoms with Crippen molar-refractivity contribution in [2.45, 2.75) is 6.54 Å². The molecule has 4 nitrogen and oxygen atoms in total. The van der Waals surface area contributed by atoms with Crippen molar-refractivity contribution in [3.05, 3.63) is 59.2 Å². The maximum Gasteiger partial charge on any atom is 0.150 e. The van der Waals surface area contributed by atoms with E-state index in [1.54, 1.807) is 30.7 Å². The lowest BCUT2D eigenvalue weighted by molar-refractivity contribution is 0.413. The van der Waals surface area contributed by atoms with Crippen LogP contribution in [-0.2, 0) is 6.54 Å². The second-order valence-electron chi connectivity index (χ2n) is 4.50. The molecule has 0 aliphatic carbocycles. The second kappa shape index (κ2) is 5.81. The topological polar surface area (TPSA) is 50.8 Å². The fraction of sp³-hybridized carbons (Fsp3) is 0.125. The second-order valence-corrected chi connectivity index (χ2v) is 5.45. The molecule has 3 aromatic rings. The highest BCUT2D eigenvalue weighted by atomic mass is 32.1. The molecule has 0 saturated carbocycles. The molecule has 0 atom stereocenters. The Morgan fingerprint density at radius 2 is 2.29 bits per heavy atom. The van der Waals surface area contributed by atoms with E-state index < -0.39 is 0 Å². The maximum absolute atomic E-state index is 9.02. The predicted molar refractivity (Wildman–Crippen MR) is 82.4 cm³/mol. The average molecular weight is 295 g/mol. The van der Waals surface area contributed by atoms with E-state index in [1.807, 2.05) is 29.8 Å². The summed E-state index contributed by atoms with van der Waals surface area (Å²) in [4.78, 5) is 5.56. The van der Waals surface area contributed by atoms with Crippen LogP contribution in [0.3, 0.4) is 0 Å². The van der Waals surface area contributed by atoms with Gasteiger partial charge in [-0.3, -0.25) is 0 Å². The van der Waals surface area contributed by atoms with Crippen molar-refractivity contribution in [1.82, 2.24) is 9.55 Å². The van der Waals surface area contributed by atoms with Crippen molar-refractivity contribution >= 4 is 11.3 Å². The van der Waals surface area contributed by atoms with Gasteiger partial charge < -0.3 is 9.30 Å². The van der Waals surface area contributed by atoms with Crippen molar-refractivity contribution in [1.29, 1.82) is 5.26 Å². The van der Waals surface area contributed by atoms with E-state index in [4.69, 9.17) is 10.00 Å². The molecule has 3 rings (SSSR count). The molecule has 0 N–H and O–H groups in total. The lowest BCUT2D eigenvalue weighted by Gasteiger charge is -2.09. The van der Waals surface area contributed by atoms with Crippen molar-refractivity contribution in [2.24, 2.45) is 0 Å². The first kappa shape index (κ1) is 13.4. The van der Waals surface area contributed by atoms with Crippen LogP contribution in [0.25, 0.3) is 10.7 Å². The van der Waals surface area contributed by atoms with Gasteiger partial charge in [0, 0.05) is 18.9 Å². The molecule has 2 aromatic heterocycles. The van der Waals surface area contributed by atoms with Crippen molar-refractivity contribution in [3.63, 3.8) is 0 Å². The van der Waals surface area contributed by atoms with Gasteiger partial charge in [-0.15, -0.1) is 11.3 Å². The number of ether oxygens (including phenoxy) is 1. The summed E-state index contributed by atoms with van der Waals surface area (Å²) in [5.74, 6) is 1.56. The molecule has 0 fully saturated rings. The van der Waals surface area contributed by atoms with E-state index in [0.29, 0.717) is 17.9 Å². The molecule has 0 amide bonds. The number of methoxy groups -OCH3 is 1. The van der Waals surface area contributed by atoms with Crippen LogP contribution in [0.2, 0.25) is 0 Å². The van der Waals surface area contributed by atoms with Crippen LogP contribution < -0.4 is 4.74 Å². The molecule has 0 saturated heterocycles. The monoisotopic (exact) mass is 295 g/mol. The summed E-state index contributed by atoms with van der Waals surface area (Å²) < 4.78 is 7.34. The fourth-order valence-corrected chi connectivity index (χ4v) is 2.93. The third-order valence-corrected chi connectivity index (χ3v) is 4.06. The van der Waals surface area contributed by atoms with Crippen LogP contribution in [0, 0.1) is 11.3 Å². The largest absolute Gasteiger partial charge is 0.495 e. The minimum atomic E-state index is 0.547. The van der Waals surface area contributed by atoms with Gasteiger partial charge in [-0.1, -0.05) is 12.1 Å². The zero-order valence-corrected chi connectivity index (χ0v) is 12.3. The number of aromatic nitrogens is 2. The molecule has 2 heterocycles. The maximum atomic E-state index is 9.02. The summed E-state index contributed by atoms with van der Waals surface area (Å²) in [6.45, 7) is 0.690. The molecule has 5 heteroatoms. The van der Waals surface area contributed by atoms with Gasteiger partial charge in [0.1, 0.15) is 17.6 Å². The Hall–Kier alpha value is -2.58. The Kier molecular flexibility index (Phi) is 3.71. The normalized spacial score (nSPS) is 10.3. The summed E-state index contributed by atoms with van der Waals surface area (Å²) >= 11 is 1.67. The van der Waals surface area contributed by atoms with Crippen LogP contribution in [0.1, 0.15) is 11.1 Å². The lowest BCUT2D eigenvalue weighted by atomic mass is 10.1. The molecule has 0 aliphatic heterocycles. The molecule has 0 unspecified atom stereocenters. The Labute approximate surface area is 126 Å². The van der Waals surface area contributed by atoms with Gasteiger partial charge in [-0.2, -0.15) is 5.26 Å². The number of nitrogens with zero attached hydrogens (tertiary/aromatic N) is 3. The van der Waals surface area contributed by atoms with Gasteiger partial charge in [-0.05, 0) is 29.1 Å². The number of benzene rings is 1. The molecule has 0 radical (unpaired) electrons. The minimum absolute atomic E-state index is 0.547. The fourth-order valence-electron chi connectivity index (χ4n) is 2.19. The van der Waals surface area contributed by atoms with Gasteiger partial charge in [0.15, 0.2) is 0 Å². The zero-order valence-electron chi connectivity index (χ0n) is 11.5. The third-order valence-electron chi connectivity index (χ3n) is 3.20. The zero-order chi connectivity index (χ0) is 14.7. The van der Waals surface area contributed by atoms with E-state index in [9.17, 15) is 0 Å². The summed E-state index contributed by atoms with van der Waals surface area (Å²) in [6.07, 6.45) is 3.76. The Morgan fingerprint density at radius 1 is 1.38 bits per heavy atom. The molecule has 21 heavy (non-hydrogen) atoms. The quantitative estimate of drug-likeness (QED) is 0.739. The third kappa shape index (κ3) is 2.67. The number of hydrogen-bond acceptors (Lipinski definition) is 4. The standard InChI is InChI=1S/C16H13N3OS/c1-20-14-9-12(4-5-13(14)10-17)11-19-7-6-18-16(19)15-3-2-8-21-15/h2-9H,11H2,1H3. The molecule has 0 spiro atoms. The Bertz CT molecular complexity index is 784. The Morgan fingerprint density at radius 3 is 3.00 bits per heavy atom. The van der Waals surface area contributed by atoms with Crippen LogP contribution >= 0.6 is 11.3 Å². The first-order valence-electron chi connectivity index (χ1n) is 6.44. The smallest absolute Gasteiger partial charge is 0.150 e. The van der Waals surface area contributed by atoms with Gasteiger partial charge in [0.2, 0.25) is 0 Å². The Balaban J connectivity index is 1.92. The van der Waals surface area contributed by atoms with Crippen LogP contribution in [0.5, 0.6) is 5.75 Å². The molecule has 0 aliphatic rings. The summed E-state index contributed by atoms with van der Waals surface area (Å²) in [6, 6.07) is 11.8. The van der Waals surface area contributed by atoms with E-state index >= 15 is 0 Å². The highest BCUT2D eigenvalue weighted by molar-refractivity contribution is 7.13. The summed E-state index contributed by atoms with van der Waals surface area (Å²) in [5, 5.41) is 11.1.